The van der Waals surface area contributed by atoms with E-state index in [0.29, 0.717) is 11.4 Å². The molecule has 1 N–H and O–H groups in total. The molecule has 0 amide bonds. The Morgan fingerprint density at radius 3 is 2.24 bits per heavy atom. The van der Waals surface area contributed by atoms with Crippen molar-refractivity contribution in [3.05, 3.63) is 24.3 Å². The molecule has 0 aliphatic carbocycles. The van der Waals surface area contributed by atoms with E-state index in [9.17, 15) is 13.5 Å². The molecule has 0 radical (unpaired) electrons. The normalized spacial score (nSPS) is 18.0. The van der Waals surface area contributed by atoms with Crippen molar-refractivity contribution >= 4 is 15.5 Å². The second-order valence-corrected chi connectivity index (χ2v) is 8.30. The maximum atomic E-state index is 11.9. The van der Waals surface area contributed by atoms with Gasteiger partial charge in [-0.25, -0.2) is 8.42 Å². The van der Waals surface area contributed by atoms with Crippen LogP contribution in [0.2, 0.25) is 0 Å². The molecule has 1 saturated heterocycles. The molecule has 0 unspecified atom stereocenters. The molecule has 6 heteroatoms. The maximum Gasteiger partial charge on any atom is 0.177 e. The number of aliphatic hydroxyl groups is 1. The van der Waals surface area contributed by atoms with E-state index >= 15 is 0 Å². The molecule has 1 heterocycles. The highest BCUT2D eigenvalue weighted by Crippen LogP contribution is 2.26. The molecular formula is C15H24N2O3S. The Labute approximate surface area is 127 Å². The Morgan fingerprint density at radius 1 is 1.14 bits per heavy atom. The van der Waals surface area contributed by atoms with Gasteiger partial charge in [-0.15, -0.1) is 0 Å². The average Bonchev–Trinajstić information content (AvgIpc) is 2.37. The summed E-state index contributed by atoms with van der Waals surface area (Å²) in [4.78, 5) is 4.71. The molecular weight excluding hydrogens is 288 g/mol. The number of benzene rings is 1. The minimum Gasteiger partial charge on any atom is -0.389 e. The van der Waals surface area contributed by atoms with Crippen LogP contribution >= 0.6 is 0 Å². The van der Waals surface area contributed by atoms with Crippen molar-refractivity contribution in [3.63, 3.8) is 0 Å². The lowest BCUT2D eigenvalue weighted by Gasteiger charge is -2.38. The summed E-state index contributed by atoms with van der Waals surface area (Å²) in [5.74, 6) is 0. The second kappa shape index (κ2) is 5.94. The number of piperazine rings is 1. The second-order valence-electron chi connectivity index (χ2n) is 6.32. The van der Waals surface area contributed by atoms with Crippen molar-refractivity contribution in [2.24, 2.45) is 0 Å². The number of nitrogens with zero attached hydrogens (tertiary/aromatic N) is 2. The Hall–Kier alpha value is -1.11. The molecule has 0 spiro atoms. The standard InChI is InChI=1S/C15H24N2O3S/c1-15(2,18)12-16-8-10-17(11-9-16)13-6-4-5-7-14(13)21(3,19)20/h4-7,18H,8-12H2,1-3H3. The lowest BCUT2D eigenvalue weighted by atomic mass is 10.1. The summed E-state index contributed by atoms with van der Waals surface area (Å²) in [6.07, 6.45) is 1.25. The number of rotatable bonds is 4. The smallest absolute Gasteiger partial charge is 0.177 e. The zero-order valence-electron chi connectivity index (χ0n) is 12.9. The van der Waals surface area contributed by atoms with Gasteiger partial charge in [-0.05, 0) is 26.0 Å². The SMILES string of the molecule is CC(C)(O)CN1CCN(c2ccccc2S(C)(=O)=O)CC1. The largest absolute Gasteiger partial charge is 0.389 e. The first-order chi connectivity index (χ1) is 9.67. The highest BCUT2D eigenvalue weighted by molar-refractivity contribution is 7.90. The van der Waals surface area contributed by atoms with Crippen LogP contribution in [0.4, 0.5) is 5.69 Å². The van der Waals surface area contributed by atoms with E-state index in [2.05, 4.69) is 9.80 Å². The average molecular weight is 312 g/mol. The van der Waals surface area contributed by atoms with Crippen LogP contribution in [0.25, 0.3) is 0 Å². The molecule has 1 aliphatic heterocycles. The van der Waals surface area contributed by atoms with Crippen LogP contribution in [-0.4, -0.2) is 63.0 Å². The van der Waals surface area contributed by atoms with Gasteiger partial charge in [0.15, 0.2) is 9.84 Å². The Bertz CT molecular complexity index is 585. The number of sulfone groups is 1. The molecule has 2 rings (SSSR count). The zero-order chi connectivity index (χ0) is 15.7. The van der Waals surface area contributed by atoms with Gasteiger partial charge < -0.3 is 10.0 Å². The molecule has 1 aromatic rings. The zero-order valence-corrected chi connectivity index (χ0v) is 13.7. The molecule has 5 nitrogen and oxygen atoms in total. The third-order valence-corrected chi connectivity index (χ3v) is 4.73. The van der Waals surface area contributed by atoms with E-state index in [4.69, 9.17) is 0 Å². The van der Waals surface area contributed by atoms with E-state index in [0.717, 1.165) is 31.9 Å². The molecule has 0 aromatic heterocycles. The first-order valence-electron chi connectivity index (χ1n) is 7.15. The molecule has 118 valence electrons. The quantitative estimate of drug-likeness (QED) is 0.898. The fourth-order valence-corrected chi connectivity index (χ4v) is 3.63. The van der Waals surface area contributed by atoms with Gasteiger partial charge in [0.25, 0.3) is 0 Å². The highest BCUT2D eigenvalue weighted by Gasteiger charge is 2.25. The van der Waals surface area contributed by atoms with Crippen LogP contribution in [0.15, 0.2) is 29.2 Å². The van der Waals surface area contributed by atoms with Crippen LogP contribution in [0.1, 0.15) is 13.8 Å². The monoisotopic (exact) mass is 312 g/mol. The Morgan fingerprint density at radius 2 is 1.71 bits per heavy atom. The minimum atomic E-state index is -3.22. The van der Waals surface area contributed by atoms with Crippen LogP contribution < -0.4 is 4.90 Å². The lowest BCUT2D eigenvalue weighted by Crippen LogP contribution is -2.50. The van der Waals surface area contributed by atoms with Crippen molar-refractivity contribution in [2.45, 2.75) is 24.3 Å². The summed E-state index contributed by atoms with van der Waals surface area (Å²) < 4.78 is 23.8. The summed E-state index contributed by atoms with van der Waals surface area (Å²) in [5.41, 5.74) is 0.0789. The number of para-hydroxylation sites is 1. The third-order valence-electron chi connectivity index (χ3n) is 3.59. The number of hydrogen-bond acceptors (Lipinski definition) is 5. The van der Waals surface area contributed by atoms with E-state index in [1.807, 2.05) is 12.1 Å². The summed E-state index contributed by atoms with van der Waals surface area (Å²) in [6.45, 7) is 7.42. The summed E-state index contributed by atoms with van der Waals surface area (Å²) in [6, 6.07) is 7.15. The van der Waals surface area contributed by atoms with E-state index in [1.54, 1.807) is 26.0 Å². The van der Waals surface area contributed by atoms with E-state index in [1.165, 1.54) is 6.26 Å². The Kier molecular flexibility index (Phi) is 4.60. The van der Waals surface area contributed by atoms with Gasteiger partial charge in [-0.1, -0.05) is 12.1 Å². The molecule has 1 aromatic carbocycles. The maximum absolute atomic E-state index is 11.9. The highest BCUT2D eigenvalue weighted by atomic mass is 32.2. The molecule has 1 fully saturated rings. The molecule has 21 heavy (non-hydrogen) atoms. The molecule has 0 atom stereocenters. The van der Waals surface area contributed by atoms with Gasteiger partial charge in [0.05, 0.1) is 16.2 Å². The summed E-state index contributed by atoms with van der Waals surface area (Å²) in [5, 5.41) is 9.87. The van der Waals surface area contributed by atoms with Gasteiger partial charge in [0.2, 0.25) is 0 Å². The fourth-order valence-electron chi connectivity index (χ4n) is 2.73. The third kappa shape index (κ3) is 4.43. The topological polar surface area (TPSA) is 60.9 Å². The summed E-state index contributed by atoms with van der Waals surface area (Å²) in [7, 11) is -3.22. The first-order valence-corrected chi connectivity index (χ1v) is 9.05. The van der Waals surface area contributed by atoms with Gasteiger partial charge >= 0.3 is 0 Å². The molecule has 1 aliphatic rings. The molecule has 0 saturated carbocycles. The first kappa shape index (κ1) is 16.3. The van der Waals surface area contributed by atoms with Gasteiger partial charge in [-0.3, -0.25) is 4.90 Å². The minimum absolute atomic E-state index is 0.390. The van der Waals surface area contributed by atoms with Gasteiger partial charge in [0.1, 0.15) is 0 Å². The number of anilines is 1. The predicted molar refractivity (Wildman–Crippen MR) is 84.5 cm³/mol. The van der Waals surface area contributed by atoms with Crippen LogP contribution in [0.3, 0.4) is 0 Å². The Balaban J connectivity index is 2.10. The van der Waals surface area contributed by atoms with Crippen molar-refractivity contribution in [2.75, 3.05) is 43.9 Å². The fraction of sp³-hybridized carbons (Fsp3) is 0.600. The molecule has 0 bridgehead atoms. The van der Waals surface area contributed by atoms with Crippen molar-refractivity contribution in [1.82, 2.24) is 4.90 Å². The summed E-state index contributed by atoms with van der Waals surface area (Å²) >= 11 is 0. The van der Waals surface area contributed by atoms with Crippen molar-refractivity contribution < 1.29 is 13.5 Å². The van der Waals surface area contributed by atoms with Crippen LogP contribution in [-0.2, 0) is 9.84 Å². The van der Waals surface area contributed by atoms with Crippen LogP contribution in [0, 0.1) is 0 Å². The number of hydrogen-bond donors (Lipinski definition) is 1. The van der Waals surface area contributed by atoms with Crippen LogP contribution in [0.5, 0.6) is 0 Å². The predicted octanol–water partition coefficient (Wildman–Crippen LogP) is 0.983. The van der Waals surface area contributed by atoms with Gasteiger partial charge in [-0.2, -0.15) is 0 Å². The van der Waals surface area contributed by atoms with Gasteiger partial charge in [0, 0.05) is 39.0 Å². The number of β-amino-alcohol motifs (C(OH)–C–C–N with tert-alkyl or cyclic N) is 1. The van der Waals surface area contributed by atoms with E-state index < -0.39 is 15.4 Å². The lowest BCUT2D eigenvalue weighted by molar-refractivity contribution is 0.0345. The van der Waals surface area contributed by atoms with Crippen molar-refractivity contribution in [1.29, 1.82) is 0 Å². The van der Waals surface area contributed by atoms with E-state index in [-0.39, 0.29) is 0 Å². The van der Waals surface area contributed by atoms with Crippen molar-refractivity contribution in [3.8, 4) is 0 Å².